The van der Waals surface area contributed by atoms with Gasteiger partial charge < -0.3 is 9.84 Å². The average molecular weight is 276 g/mol. The van der Waals surface area contributed by atoms with E-state index in [4.69, 9.17) is 9.84 Å². The number of carboxylic acids is 1. The van der Waals surface area contributed by atoms with E-state index >= 15 is 0 Å². The minimum atomic E-state index is -3.64. The standard InChI is InChI=1S/C10H12O5S2/c1-15-8-3-2-7(4-9(8)16)5-17(13,14)6-10(11)12/h2-4,16H,5-6H2,1H3,(H,11,12). The van der Waals surface area contributed by atoms with Crippen molar-refractivity contribution in [2.24, 2.45) is 0 Å². The van der Waals surface area contributed by atoms with E-state index in [2.05, 4.69) is 12.6 Å². The molecule has 0 fully saturated rings. The van der Waals surface area contributed by atoms with Gasteiger partial charge in [-0.3, -0.25) is 4.79 Å². The van der Waals surface area contributed by atoms with Crippen molar-refractivity contribution in [3.63, 3.8) is 0 Å². The molecule has 5 nitrogen and oxygen atoms in total. The normalized spacial score (nSPS) is 11.2. The number of hydrogen-bond acceptors (Lipinski definition) is 5. The van der Waals surface area contributed by atoms with Crippen LogP contribution in [0.3, 0.4) is 0 Å². The maximum atomic E-state index is 11.4. The molecule has 1 N–H and O–H groups in total. The lowest BCUT2D eigenvalue weighted by atomic mass is 10.2. The van der Waals surface area contributed by atoms with Crippen molar-refractivity contribution in [2.75, 3.05) is 12.9 Å². The zero-order valence-corrected chi connectivity index (χ0v) is 10.8. The molecule has 0 saturated heterocycles. The molecular weight excluding hydrogens is 264 g/mol. The van der Waals surface area contributed by atoms with Gasteiger partial charge in [-0.25, -0.2) is 8.42 Å². The summed E-state index contributed by atoms with van der Waals surface area (Å²) in [7, 11) is -2.16. The van der Waals surface area contributed by atoms with Crippen LogP contribution in [0.1, 0.15) is 5.56 Å². The molecule has 0 heterocycles. The maximum absolute atomic E-state index is 11.4. The molecule has 0 bridgehead atoms. The van der Waals surface area contributed by atoms with Crippen LogP contribution in [0.25, 0.3) is 0 Å². The fourth-order valence-electron chi connectivity index (χ4n) is 1.32. The summed E-state index contributed by atoms with van der Waals surface area (Å²) >= 11 is 4.13. The lowest BCUT2D eigenvalue weighted by Crippen LogP contribution is -2.16. The van der Waals surface area contributed by atoms with Gasteiger partial charge in [-0.15, -0.1) is 12.6 Å². The molecule has 0 unspecified atom stereocenters. The molecule has 1 aromatic rings. The molecule has 0 atom stereocenters. The summed E-state index contributed by atoms with van der Waals surface area (Å²) in [6, 6.07) is 4.70. The monoisotopic (exact) mass is 276 g/mol. The van der Waals surface area contributed by atoms with Crippen LogP contribution in [0.4, 0.5) is 0 Å². The number of methoxy groups -OCH3 is 1. The Morgan fingerprint density at radius 1 is 1.47 bits per heavy atom. The Bertz CT molecular complexity index is 521. The molecule has 7 heteroatoms. The second kappa shape index (κ2) is 5.42. The smallest absolute Gasteiger partial charge is 0.318 e. The van der Waals surface area contributed by atoms with Gasteiger partial charge in [-0.05, 0) is 17.7 Å². The summed E-state index contributed by atoms with van der Waals surface area (Å²) in [5.74, 6) is -2.02. The second-order valence-corrected chi connectivity index (χ2v) is 5.98. The van der Waals surface area contributed by atoms with Crippen molar-refractivity contribution >= 4 is 28.4 Å². The van der Waals surface area contributed by atoms with Crippen LogP contribution in [0.5, 0.6) is 5.75 Å². The van der Waals surface area contributed by atoms with E-state index in [-0.39, 0.29) is 5.75 Å². The van der Waals surface area contributed by atoms with E-state index in [9.17, 15) is 13.2 Å². The summed E-state index contributed by atoms with van der Waals surface area (Å²) in [6.45, 7) is 0. The van der Waals surface area contributed by atoms with E-state index in [1.54, 1.807) is 18.2 Å². The molecule has 0 radical (unpaired) electrons. The first-order valence-electron chi connectivity index (χ1n) is 4.62. The van der Waals surface area contributed by atoms with Crippen molar-refractivity contribution in [1.82, 2.24) is 0 Å². The summed E-state index contributed by atoms with van der Waals surface area (Å²) in [6.07, 6.45) is 0. The minimum Gasteiger partial charge on any atom is -0.496 e. The highest BCUT2D eigenvalue weighted by Crippen LogP contribution is 2.24. The largest absolute Gasteiger partial charge is 0.496 e. The number of rotatable bonds is 5. The van der Waals surface area contributed by atoms with Crippen molar-refractivity contribution in [3.8, 4) is 5.75 Å². The van der Waals surface area contributed by atoms with E-state index < -0.39 is 21.6 Å². The molecule has 0 aliphatic heterocycles. The van der Waals surface area contributed by atoms with Gasteiger partial charge in [-0.1, -0.05) is 6.07 Å². The van der Waals surface area contributed by atoms with Gasteiger partial charge in [0.1, 0.15) is 11.5 Å². The topological polar surface area (TPSA) is 80.7 Å². The van der Waals surface area contributed by atoms with Crippen LogP contribution in [-0.4, -0.2) is 32.4 Å². The van der Waals surface area contributed by atoms with E-state index in [1.807, 2.05) is 0 Å². The highest BCUT2D eigenvalue weighted by Gasteiger charge is 2.17. The highest BCUT2D eigenvalue weighted by atomic mass is 32.2. The molecule has 0 spiro atoms. The first-order valence-corrected chi connectivity index (χ1v) is 6.89. The van der Waals surface area contributed by atoms with Crippen molar-refractivity contribution in [2.45, 2.75) is 10.6 Å². The summed E-state index contributed by atoms with van der Waals surface area (Å²) < 4.78 is 27.9. The summed E-state index contributed by atoms with van der Waals surface area (Å²) in [4.78, 5) is 10.9. The van der Waals surface area contributed by atoms with Gasteiger partial charge in [0.05, 0.1) is 12.9 Å². The number of benzene rings is 1. The van der Waals surface area contributed by atoms with Crippen molar-refractivity contribution in [3.05, 3.63) is 23.8 Å². The van der Waals surface area contributed by atoms with Crippen LogP contribution in [0, 0.1) is 0 Å². The predicted octanol–water partition coefficient (Wildman–Crippen LogP) is 0.983. The Hall–Kier alpha value is -1.21. The number of carboxylic acid groups (broad SMARTS) is 1. The fourth-order valence-corrected chi connectivity index (χ4v) is 2.82. The van der Waals surface area contributed by atoms with Crippen LogP contribution < -0.4 is 4.74 Å². The van der Waals surface area contributed by atoms with Gasteiger partial charge in [0.25, 0.3) is 0 Å². The Morgan fingerprint density at radius 2 is 2.12 bits per heavy atom. The molecule has 0 aliphatic rings. The van der Waals surface area contributed by atoms with Crippen molar-refractivity contribution in [1.29, 1.82) is 0 Å². The van der Waals surface area contributed by atoms with E-state index in [0.29, 0.717) is 16.2 Å². The maximum Gasteiger partial charge on any atom is 0.318 e. The molecule has 1 aromatic carbocycles. The highest BCUT2D eigenvalue weighted by molar-refractivity contribution is 7.91. The Kier molecular flexibility index (Phi) is 4.41. The van der Waals surface area contributed by atoms with E-state index in [0.717, 1.165) is 0 Å². The average Bonchev–Trinajstić information content (AvgIpc) is 2.14. The molecule has 0 saturated carbocycles. The number of hydrogen-bond donors (Lipinski definition) is 2. The Morgan fingerprint density at radius 3 is 2.59 bits per heavy atom. The molecule has 0 aromatic heterocycles. The van der Waals surface area contributed by atoms with Gasteiger partial charge in [0.15, 0.2) is 9.84 Å². The first-order chi connectivity index (χ1) is 7.84. The molecule has 0 aliphatic carbocycles. The van der Waals surface area contributed by atoms with Gasteiger partial charge >= 0.3 is 5.97 Å². The molecule has 1 rings (SSSR count). The summed E-state index contributed by atoms with van der Waals surface area (Å²) in [5.41, 5.74) is 0.483. The number of sulfone groups is 1. The lowest BCUT2D eigenvalue weighted by molar-refractivity contribution is -0.134. The summed E-state index contributed by atoms with van der Waals surface area (Å²) in [5, 5.41) is 8.45. The number of ether oxygens (including phenoxy) is 1. The first kappa shape index (κ1) is 13.9. The zero-order valence-electron chi connectivity index (χ0n) is 9.08. The lowest BCUT2D eigenvalue weighted by Gasteiger charge is -2.06. The SMILES string of the molecule is COc1ccc(CS(=O)(=O)CC(=O)O)cc1S. The third-order valence-electron chi connectivity index (χ3n) is 1.97. The van der Waals surface area contributed by atoms with Crippen LogP contribution in [0.2, 0.25) is 0 Å². The predicted molar refractivity (Wildman–Crippen MR) is 65.4 cm³/mol. The van der Waals surface area contributed by atoms with Crippen LogP contribution >= 0.6 is 12.6 Å². The Labute approximate surface area is 105 Å². The Balaban J connectivity index is 2.89. The van der Waals surface area contributed by atoms with Gasteiger partial charge in [0, 0.05) is 4.90 Å². The molecule has 0 amide bonds. The third-order valence-corrected chi connectivity index (χ3v) is 3.78. The second-order valence-electron chi connectivity index (χ2n) is 3.43. The number of carbonyl (C=O) groups is 1. The fraction of sp³-hybridized carbons (Fsp3) is 0.300. The molecule has 17 heavy (non-hydrogen) atoms. The van der Waals surface area contributed by atoms with Gasteiger partial charge in [-0.2, -0.15) is 0 Å². The van der Waals surface area contributed by atoms with E-state index in [1.165, 1.54) is 7.11 Å². The zero-order chi connectivity index (χ0) is 13.1. The number of thiol groups is 1. The number of aliphatic carboxylic acids is 1. The molecule has 94 valence electrons. The van der Waals surface area contributed by atoms with Crippen molar-refractivity contribution < 1.29 is 23.1 Å². The van der Waals surface area contributed by atoms with Gasteiger partial charge in [0.2, 0.25) is 0 Å². The quantitative estimate of drug-likeness (QED) is 0.784. The van der Waals surface area contributed by atoms with Crippen LogP contribution in [-0.2, 0) is 20.4 Å². The molecular formula is C10H12O5S2. The minimum absolute atomic E-state index is 0.323. The third kappa shape index (κ3) is 4.27. The van der Waals surface area contributed by atoms with Crippen LogP contribution in [0.15, 0.2) is 23.1 Å².